The summed E-state index contributed by atoms with van der Waals surface area (Å²) in [5, 5.41) is 4.81. The summed E-state index contributed by atoms with van der Waals surface area (Å²) in [5.74, 6) is -1.86. The fourth-order valence-electron chi connectivity index (χ4n) is 2.49. The van der Waals surface area contributed by atoms with Gasteiger partial charge in [-0.3, -0.25) is 9.59 Å². The number of imidazole rings is 1. The van der Waals surface area contributed by atoms with Crippen LogP contribution in [0.5, 0.6) is 0 Å². The molecule has 2 amide bonds. The Morgan fingerprint density at radius 3 is 2.56 bits per heavy atom. The number of furan rings is 1. The quantitative estimate of drug-likeness (QED) is 0.685. The average Bonchev–Trinajstić information content (AvgIpc) is 3.26. The van der Waals surface area contributed by atoms with Crippen LogP contribution in [0.15, 0.2) is 47.1 Å². The molecule has 27 heavy (non-hydrogen) atoms. The zero-order valence-electron chi connectivity index (χ0n) is 13.9. The minimum atomic E-state index is -4.71. The van der Waals surface area contributed by atoms with Gasteiger partial charge in [-0.05, 0) is 24.3 Å². The van der Waals surface area contributed by atoms with Gasteiger partial charge < -0.3 is 19.6 Å². The van der Waals surface area contributed by atoms with Crippen molar-refractivity contribution in [3.63, 3.8) is 0 Å². The number of carbonyl (C=O) groups excluding carboxylic acids is 2. The van der Waals surface area contributed by atoms with Gasteiger partial charge in [0.1, 0.15) is 12.3 Å². The van der Waals surface area contributed by atoms with Crippen molar-refractivity contribution in [2.45, 2.75) is 19.3 Å². The number of nitrogens with zero attached hydrogens (tertiary/aromatic N) is 2. The third kappa shape index (κ3) is 4.46. The number of benzene rings is 1. The predicted molar refractivity (Wildman–Crippen MR) is 88.3 cm³/mol. The molecule has 142 valence electrons. The van der Waals surface area contributed by atoms with Crippen molar-refractivity contribution in [2.24, 2.45) is 0 Å². The molecule has 0 aliphatic rings. The first-order chi connectivity index (χ1) is 12.8. The zero-order chi connectivity index (χ0) is 19.4. The van der Waals surface area contributed by atoms with E-state index in [0.717, 1.165) is 4.57 Å². The van der Waals surface area contributed by atoms with Gasteiger partial charge in [0.25, 0.3) is 0 Å². The minimum Gasteiger partial charge on any atom is -0.467 e. The average molecular weight is 380 g/mol. The van der Waals surface area contributed by atoms with Crippen molar-refractivity contribution in [2.75, 3.05) is 6.54 Å². The second kappa shape index (κ2) is 7.52. The highest BCUT2D eigenvalue weighted by Crippen LogP contribution is 2.31. The first-order valence-electron chi connectivity index (χ1n) is 7.93. The fraction of sp³-hybridized carbons (Fsp3) is 0.235. The Hall–Kier alpha value is -3.30. The summed E-state index contributed by atoms with van der Waals surface area (Å²) in [4.78, 5) is 27.3. The topological polar surface area (TPSA) is 89.2 Å². The van der Waals surface area contributed by atoms with Gasteiger partial charge in [0.05, 0.1) is 30.4 Å². The number of alkyl halides is 3. The van der Waals surface area contributed by atoms with Crippen LogP contribution in [0, 0.1) is 0 Å². The van der Waals surface area contributed by atoms with Gasteiger partial charge in [0.15, 0.2) is 0 Å². The molecule has 0 radical (unpaired) electrons. The van der Waals surface area contributed by atoms with E-state index in [0.29, 0.717) is 5.76 Å². The van der Waals surface area contributed by atoms with Crippen molar-refractivity contribution in [3.05, 3.63) is 54.2 Å². The summed E-state index contributed by atoms with van der Waals surface area (Å²) in [6.07, 6.45) is -3.25. The first kappa shape index (κ1) is 18.5. The fourth-order valence-corrected chi connectivity index (χ4v) is 2.49. The van der Waals surface area contributed by atoms with Gasteiger partial charge in [0, 0.05) is 0 Å². The maximum atomic E-state index is 13.2. The summed E-state index contributed by atoms with van der Waals surface area (Å²) in [6.45, 7) is -0.833. The maximum absolute atomic E-state index is 13.2. The molecular weight excluding hydrogens is 365 g/mol. The Kier molecular flexibility index (Phi) is 5.15. The van der Waals surface area contributed by atoms with E-state index in [-0.39, 0.29) is 24.1 Å². The lowest BCUT2D eigenvalue weighted by molar-refractivity contribution is -0.147. The van der Waals surface area contributed by atoms with E-state index in [1.807, 2.05) is 0 Å². The molecule has 0 fully saturated rings. The number of para-hydroxylation sites is 2. The van der Waals surface area contributed by atoms with Crippen LogP contribution in [-0.4, -0.2) is 27.9 Å². The highest BCUT2D eigenvalue weighted by atomic mass is 19.4. The molecule has 2 aromatic heterocycles. The van der Waals surface area contributed by atoms with Gasteiger partial charge in [-0.1, -0.05) is 12.1 Å². The smallest absolute Gasteiger partial charge is 0.449 e. The normalized spacial score (nSPS) is 11.5. The summed E-state index contributed by atoms with van der Waals surface area (Å²) >= 11 is 0. The van der Waals surface area contributed by atoms with E-state index in [1.165, 1.54) is 18.4 Å². The number of amides is 2. The Morgan fingerprint density at radius 2 is 1.85 bits per heavy atom. The molecular formula is C17H15F3N4O3. The Bertz CT molecular complexity index is 948. The van der Waals surface area contributed by atoms with Crippen LogP contribution < -0.4 is 10.6 Å². The highest BCUT2D eigenvalue weighted by molar-refractivity contribution is 5.85. The van der Waals surface area contributed by atoms with Crippen molar-refractivity contribution < 1.29 is 27.2 Å². The number of nitrogens with one attached hydrogen (secondary N) is 2. The molecule has 0 aliphatic heterocycles. The molecule has 0 unspecified atom stereocenters. The molecule has 3 aromatic rings. The van der Waals surface area contributed by atoms with Gasteiger partial charge in [-0.15, -0.1) is 0 Å². The van der Waals surface area contributed by atoms with Crippen LogP contribution in [0.3, 0.4) is 0 Å². The van der Waals surface area contributed by atoms with Crippen molar-refractivity contribution in [1.82, 2.24) is 20.2 Å². The molecule has 2 N–H and O–H groups in total. The van der Waals surface area contributed by atoms with Gasteiger partial charge in [-0.25, -0.2) is 4.98 Å². The Morgan fingerprint density at radius 1 is 1.07 bits per heavy atom. The summed E-state index contributed by atoms with van der Waals surface area (Å²) < 4.78 is 45.4. The summed E-state index contributed by atoms with van der Waals surface area (Å²) in [5.41, 5.74) is 0.316. The van der Waals surface area contributed by atoms with Crippen LogP contribution >= 0.6 is 0 Å². The molecule has 0 bridgehead atoms. The first-order valence-corrected chi connectivity index (χ1v) is 7.93. The number of carbonyl (C=O) groups is 2. The third-order valence-electron chi connectivity index (χ3n) is 3.70. The molecule has 1 aromatic carbocycles. The number of fused-ring (bicyclic) bond motifs is 1. The molecule has 3 rings (SSSR count). The van der Waals surface area contributed by atoms with Crippen LogP contribution in [0.2, 0.25) is 0 Å². The highest BCUT2D eigenvalue weighted by Gasteiger charge is 2.37. The Labute approximate surface area is 151 Å². The van der Waals surface area contributed by atoms with Crippen LogP contribution in [-0.2, 0) is 28.9 Å². The van der Waals surface area contributed by atoms with E-state index in [2.05, 4.69) is 15.6 Å². The van der Waals surface area contributed by atoms with Crippen molar-refractivity contribution in [3.8, 4) is 0 Å². The number of hydrogen-bond acceptors (Lipinski definition) is 4. The molecule has 2 heterocycles. The lowest BCUT2D eigenvalue weighted by atomic mass is 10.3. The van der Waals surface area contributed by atoms with E-state index in [1.54, 1.807) is 24.3 Å². The van der Waals surface area contributed by atoms with Gasteiger partial charge in [-0.2, -0.15) is 13.2 Å². The number of hydrogen-bond donors (Lipinski definition) is 2. The SMILES string of the molecule is O=C(CNC(=O)Cn1c(C(F)(F)F)nc2ccccc21)NCc1ccco1. The molecule has 0 saturated heterocycles. The number of aromatic nitrogens is 2. The van der Waals surface area contributed by atoms with Crippen molar-refractivity contribution >= 4 is 22.8 Å². The monoisotopic (exact) mass is 380 g/mol. The second-order valence-corrected chi connectivity index (χ2v) is 5.64. The Balaban J connectivity index is 1.63. The van der Waals surface area contributed by atoms with Gasteiger partial charge in [0.2, 0.25) is 17.6 Å². The summed E-state index contributed by atoms with van der Waals surface area (Å²) in [7, 11) is 0. The maximum Gasteiger partial charge on any atom is 0.449 e. The molecule has 0 aliphatic carbocycles. The third-order valence-corrected chi connectivity index (χ3v) is 3.70. The molecule has 0 spiro atoms. The lowest BCUT2D eigenvalue weighted by Gasteiger charge is -2.11. The van der Waals surface area contributed by atoms with Gasteiger partial charge >= 0.3 is 6.18 Å². The van der Waals surface area contributed by atoms with Crippen LogP contribution in [0.4, 0.5) is 13.2 Å². The largest absolute Gasteiger partial charge is 0.467 e. The van der Waals surface area contributed by atoms with Crippen molar-refractivity contribution in [1.29, 1.82) is 0 Å². The van der Waals surface area contributed by atoms with E-state index >= 15 is 0 Å². The molecule has 10 heteroatoms. The van der Waals surface area contributed by atoms with E-state index < -0.39 is 30.4 Å². The zero-order valence-corrected chi connectivity index (χ0v) is 13.9. The second-order valence-electron chi connectivity index (χ2n) is 5.64. The number of rotatable bonds is 6. The molecule has 0 atom stereocenters. The predicted octanol–water partition coefficient (Wildman–Crippen LogP) is 2.08. The van der Waals surface area contributed by atoms with Crippen LogP contribution in [0.1, 0.15) is 11.6 Å². The van der Waals surface area contributed by atoms with E-state index in [4.69, 9.17) is 4.42 Å². The van der Waals surface area contributed by atoms with Crippen LogP contribution in [0.25, 0.3) is 11.0 Å². The standard InChI is InChI=1S/C17H15F3N4O3/c18-17(19,20)16-23-12-5-1-2-6-13(12)24(16)10-15(26)22-9-14(25)21-8-11-4-3-7-27-11/h1-7H,8-10H2,(H,21,25)(H,22,26). The lowest BCUT2D eigenvalue weighted by Crippen LogP contribution is -2.38. The molecule has 7 nitrogen and oxygen atoms in total. The van der Waals surface area contributed by atoms with E-state index in [9.17, 15) is 22.8 Å². The summed E-state index contributed by atoms with van der Waals surface area (Å²) in [6, 6.07) is 9.32. The number of halogens is 3. The molecule has 0 saturated carbocycles. The minimum absolute atomic E-state index is 0.133.